The number of nitrogens with one attached hydrogen (secondary N) is 2. The Balaban J connectivity index is 1.82. The molecule has 1 heterocycles. The second-order valence-corrected chi connectivity index (χ2v) is 5.04. The largest absolute Gasteiger partial charge is 0.378 e. The minimum Gasteiger partial charge on any atom is -0.378 e. The molecule has 2 rings (SSSR count). The van der Waals surface area contributed by atoms with Crippen molar-refractivity contribution in [1.29, 1.82) is 0 Å². The molecule has 0 aliphatic carbocycles. The van der Waals surface area contributed by atoms with Gasteiger partial charge in [-0.15, -0.1) is 11.8 Å². The highest BCUT2D eigenvalue weighted by atomic mass is 32.2. The molecule has 1 aliphatic rings. The number of benzene rings is 1. The monoisotopic (exact) mass is 266 g/mol. The lowest BCUT2D eigenvalue weighted by Gasteiger charge is -2.23. The number of hydrogen-bond acceptors (Lipinski definition) is 4. The van der Waals surface area contributed by atoms with Crippen LogP contribution >= 0.6 is 11.8 Å². The van der Waals surface area contributed by atoms with E-state index in [1.807, 2.05) is 30.5 Å². The third kappa shape index (κ3) is 3.73. The van der Waals surface area contributed by atoms with Crippen molar-refractivity contribution >= 4 is 17.7 Å². The van der Waals surface area contributed by atoms with Crippen LogP contribution in [0.4, 0.5) is 0 Å². The summed E-state index contributed by atoms with van der Waals surface area (Å²) >= 11 is 1.67. The molecule has 0 saturated carbocycles. The van der Waals surface area contributed by atoms with Gasteiger partial charge >= 0.3 is 0 Å². The lowest BCUT2D eigenvalue weighted by atomic mass is 10.2. The van der Waals surface area contributed by atoms with Gasteiger partial charge in [-0.05, 0) is 30.5 Å². The van der Waals surface area contributed by atoms with E-state index in [1.165, 1.54) is 0 Å². The highest BCUT2D eigenvalue weighted by Crippen LogP contribution is 2.14. The highest BCUT2D eigenvalue weighted by Gasteiger charge is 2.14. The van der Waals surface area contributed by atoms with Crippen LogP contribution in [0.1, 0.15) is 10.4 Å². The molecule has 1 amide bonds. The lowest BCUT2D eigenvalue weighted by Crippen LogP contribution is -2.48. The van der Waals surface area contributed by atoms with Crippen molar-refractivity contribution in [1.82, 2.24) is 10.6 Å². The predicted octanol–water partition coefficient (Wildman–Crippen LogP) is 1.13. The zero-order valence-electron chi connectivity index (χ0n) is 10.4. The first-order valence-corrected chi connectivity index (χ1v) is 7.25. The lowest BCUT2D eigenvalue weighted by molar-refractivity contribution is 0.0734. The second kappa shape index (κ2) is 6.78. The summed E-state index contributed by atoms with van der Waals surface area (Å²) in [5.74, 6) is -0.0324. The van der Waals surface area contributed by atoms with Crippen molar-refractivity contribution in [2.24, 2.45) is 0 Å². The maximum atomic E-state index is 11.9. The second-order valence-electron chi connectivity index (χ2n) is 4.16. The van der Waals surface area contributed by atoms with Crippen molar-refractivity contribution in [2.45, 2.75) is 10.9 Å². The molecule has 0 aromatic heterocycles. The van der Waals surface area contributed by atoms with E-state index < -0.39 is 0 Å². The molecule has 1 aromatic carbocycles. The Kier molecular flexibility index (Phi) is 5.04. The van der Waals surface area contributed by atoms with Gasteiger partial charge in [0.25, 0.3) is 5.91 Å². The van der Waals surface area contributed by atoms with E-state index in [-0.39, 0.29) is 11.9 Å². The van der Waals surface area contributed by atoms with Gasteiger partial charge in [0, 0.05) is 29.6 Å². The first-order valence-electron chi connectivity index (χ1n) is 6.03. The van der Waals surface area contributed by atoms with Crippen LogP contribution in [0.25, 0.3) is 0 Å². The molecule has 1 atom stereocenters. The first-order chi connectivity index (χ1) is 8.79. The zero-order chi connectivity index (χ0) is 12.8. The summed E-state index contributed by atoms with van der Waals surface area (Å²) in [5, 5.41) is 6.22. The number of hydrogen-bond donors (Lipinski definition) is 2. The Bertz CT molecular complexity index is 388. The van der Waals surface area contributed by atoms with E-state index in [0.29, 0.717) is 18.7 Å². The normalized spacial score (nSPS) is 19.5. The van der Waals surface area contributed by atoms with Gasteiger partial charge in [0.2, 0.25) is 0 Å². The summed E-state index contributed by atoms with van der Waals surface area (Å²) in [7, 11) is 0. The van der Waals surface area contributed by atoms with Gasteiger partial charge in [0.1, 0.15) is 0 Å². The molecule has 5 heteroatoms. The maximum Gasteiger partial charge on any atom is 0.251 e. The molecule has 1 fully saturated rings. The molecular formula is C13H18N2O2S. The van der Waals surface area contributed by atoms with E-state index in [9.17, 15) is 4.79 Å². The minimum absolute atomic E-state index is 0.0324. The van der Waals surface area contributed by atoms with Gasteiger partial charge in [-0.25, -0.2) is 0 Å². The number of carbonyl (C=O) groups excluding carboxylic acids is 1. The number of thioether (sulfide) groups is 1. The fraction of sp³-hybridized carbons (Fsp3) is 0.462. The van der Waals surface area contributed by atoms with Gasteiger partial charge in [-0.3, -0.25) is 4.79 Å². The van der Waals surface area contributed by atoms with Crippen LogP contribution in [0.2, 0.25) is 0 Å². The number of rotatable bonds is 4. The summed E-state index contributed by atoms with van der Waals surface area (Å²) in [6.07, 6.45) is 2.02. The number of amides is 1. The third-order valence-corrected chi connectivity index (χ3v) is 3.60. The van der Waals surface area contributed by atoms with Crippen LogP contribution in [-0.2, 0) is 4.74 Å². The molecule has 98 valence electrons. The molecule has 1 aromatic rings. The molecule has 1 aliphatic heterocycles. The quantitative estimate of drug-likeness (QED) is 0.802. The minimum atomic E-state index is -0.0324. The molecule has 2 N–H and O–H groups in total. The topological polar surface area (TPSA) is 50.4 Å². The highest BCUT2D eigenvalue weighted by molar-refractivity contribution is 7.98. The molecule has 18 heavy (non-hydrogen) atoms. The SMILES string of the molecule is CSc1ccc(C(=O)NCC2COCCN2)cc1. The standard InChI is InChI=1S/C13H18N2O2S/c1-18-12-4-2-10(3-5-12)13(16)15-8-11-9-17-7-6-14-11/h2-5,11,14H,6-9H2,1H3,(H,15,16). The predicted molar refractivity (Wildman–Crippen MR) is 73.2 cm³/mol. The number of carbonyl (C=O) groups is 1. The first kappa shape index (κ1) is 13.4. The van der Waals surface area contributed by atoms with Crippen LogP contribution in [-0.4, -0.2) is 44.5 Å². The third-order valence-electron chi connectivity index (χ3n) is 2.86. The van der Waals surface area contributed by atoms with Crippen molar-refractivity contribution in [3.8, 4) is 0 Å². The summed E-state index contributed by atoms with van der Waals surface area (Å²) < 4.78 is 5.33. The van der Waals surface area contributed by atoms with E-state index >= 15 is 0 Å². The summed E-state index contributed by atoms with van der Waals surface area (Å²) in [6, 6.07) is 7.84. The average Bonchev–Trinajstić information content (AvgIpc) is 2.46. The fourth-order valence-corrected chi connectivity index (χ4v) is 2.22. The molecule has 0 spiro atoms. The van der Waals surface area contributed by atoms with E-state index in [0.717, 1.165) is 18.0 Å². The molecular weight excluding hydrogens is 248 g/mol. The Hall–Kier alpha value is -1.04. The van der Waals surface area contributed by atoms with Crippen molar-refractivity contribution in [2.75, 3.05) is 32.6 Å². The van der Waals surface area contributed by atoms with Crippen LogP contribution < -0.4 is 10.6 Å². The van der Waals surface area contributed by atoms with Crippen LogP contribution in [0, 0.1) is 0 Å². The van der Waals surface area contributed by atoms with Crippen molar-refractivity contribution < 1.29 is 9.53 Å². The van der Waals surface area contributed by atoms with Gasteiger partial charge in [0.05, 0.1) is 13.2 Å². The van der Waals surface area contributed by atoms with Crippen molar-refractivity contribution in [3.05, 3.63) is 29.8 Å². The van der Waals surface area contributed by atoms with Gasteiger partial charge in [-0.1, -0.05) is 0 Å². The van der Waals surface area contributed by atoms with Crippen LogP contribution in [0.5, 0.6) is 0 Å². The zero-order valence-corrected chi connectivity index (χ0v) is 11.3. The van der Waals surface area contributed by atoms with Gasteiger partial charge < -0.3 is 15.4 Å². The molecule has 1 saturated heterocycles. The Morgan fingerprint density at radius 1 is 1.50 bits per heavy atom. The average molecular weight is 266 g/mol. The maximum absolute atomic E-state index is 11.9. The van der Waals surface area contributed by atoms with Crippen LogP contribution in [0.15, 0.2) is 29.2 Å². The van der Waals surface area contributed by atoms with Gasteiger partial charge in [0.15, 0.2) is 0 Å². The summed E-state index contributed by atoms with van der Waals surface area (Å²) in [4.78, 5) is 13.1. The Labute approximate surface area is 111 Å². The Morgan fingerprint density at radius 2 is 2.28 bits per heavy atom. The fourth-order valence-electron chi connectivity index (χ4n) is 1.81. The van der Waals surface area contributed by atoms with Crippen LogP contribution in [0.3, 0.4) is 0 Å². The summed E-state index contributed by atoms with van der Waals surface area (Å²) in [6.45, 7) is 2.86. The Morgan fingerprint density at radius 3 is 2.89 bits per heavy atom. The number of morpholine rings is 1. The molecule has 1 unspecified atom stereocenters. The van der Waals surface area contributed by atoms with E-state index in [4.69, 9.17) is 4.74 Å². The molecule has 4 nitrogen and oxygen atoms in total. The van der Waals surface area contributed by atoms with Crippen molar-refractivity contribution in [3.63, 3.8) is 0 Å². The van der Waals surface area contributed by atoms with Gasteiger partial charge in [-0.2, -0.15) is 0 Å². The number of ether oxygens (including phenoxy) is 1. The van der Waals surface area contributed by atoms with E-state index in [1.54, 1.807) is 11.8 Å². The molecule has 0 radical (unpaired) electrons. The molecule has 0 bridgehead atoms. The smallest absolute Gasteiger partial charge is 0.251 e. The summed E-state index contributed by atoms with van der Waals surface area (Å²) in [5.41, 5.74) is 0.699. The van der Waals surface area contributed by atoms with E-state index in [2.05, 4.69) is 10.6 Å².